The average Bonchev–Trinajstić information content (AvgIpc) is 3.07. The first-order chi connectivity index (χ1) is 11.0. The van der Waals surface area contributed by atoms with Gasteiger partial charge in [0.15, 0.2) is 5.82 Å². The van der Waals surface area contributed by atoms with Crippen LogP contribution >= 0.6 is 0 Å². The fraction of sp³-hybridized carbons (Fsp3) is 0.353. The van der Waals surface area contributed by atoms with Gasteiger partial charge in [0.05, 0.1) is 17.6 Å². The van der Waals surface area contributed by atoms with Crippen LogP contribution in [-0.2, 0) is 5.60 Å². The molecule has 23 heavy (non-hydrogen) atoms. The van der Waals surface area contributed by atoms with E-state index >= 15 is 0 Å². The highest BCUT2D eigenvalue weighted by molar-refractivity contribution is 5.62. The summed E-state index contributed by atoms with van der Waals surface area (Å²) < 4.78 is 0. The zero-order valence-electron chi connectivity index (χ0n) is 13.2. The number of aromatic nitrogens is 5. The molecule has 0 bridgehead atoms. The van der Waals surface area contributed by atoms with E-state index in [0.29, 0.717) is 11.6 Å². The molecule has 0 spiro atoms. The molecule has 1 saturated carbocycles. The topological polar surface area (TPSA) is 90.5 Å². The molecule has 1 aliphatic carbocycles. The van der Waals surface area contributed by atoms with E-state index in [1.807, 2.05) is 12.1 Å². The number of hydrogen-bond acceptors (Lipinski definition) is 4. The fourth-order valence-electron chi connectivity index (χ4n) is 2.57. The van der Waals surface area contributed by atoms with Crippen molar-refractivity contribution in [2.45, 2.75) is 38.2 Å². The number of nitrogens with zero attached hydrogens (tertiary/aromatic N) is 3. The van der Waals surface area contributed by atoms with Gasteiger partial charge in [-0.15, -0.1) is 0 Å². The maximum Gasteiger partial charge on any atom is 0.158 e. The zero-order valence-corrected chi connectivity index (χ0v) is 13.2. The highest BCUT2D eigenvalue weighted by Crippen LogP contribution is 2.39. The molecule has 3 N–H and O–H groups in total. The summed E-state index contributed by atoms with van der Waals surface area (Å²) in [4.78, 5) is 12.0. The summed E-state index contributed by atoms with van der Waals surface area (Å²) in [6.07, 6.45) is 6.00. The fourth-order valence-corrected chi connectivity index (χ4v) is 2.57. The molecule has 0 aliphatic heterocycles. The van der Waals surface area contributed by atoms with Crippen molar-refractivity contribution in [1.82, 2.24) is 25.1 Å². The number of rotatable bonds is 4. The molecule has 3 aromatic heterocycles. The zero-order chi connectivity index (χ0) is 16.0. The largest absolute Gasteiger partial charge is 0.384 e. The van der Waals surface area contributed by atoms with Crippen molar-refractivity contribution in [3.63, 3.8) is 0 Å². The van der Waals surface area contributed by atoms with E-state index in [4.69, 9.17) is 0 Å². The number of aliphatic hydroxyl groups is 1. The van der Waals surface area contributed by atoms with E-state index in [2.05, 4.69) is 31.2 Å². The van der Waals surface area contributed by atoms with Crippen LogP contribution < -0.4 is 0 Å². The van der Waals surface area contributed by atoms with Gasteiger partial charge in [0.1, 0.15) is 11.3 Å². The Labute approximate surface area is 134 Å². The summed E-state index contributed by atoms with van der Waals surface area (Å²) in [6, 6.07) is 5.82. The second kappa shape index (κ2) is 5.03. The van der Waals surface area contributed by atoms with Gasteiger partial charge >= 0.3 is 0 Å². The van der Waals surface area contributed by atoms with E-state index in [1.54, 1.807) is 26.2 Å². The molecule has 1 fully saturated rings. The summed E-state index contributed by atoms with van der Waals surface area (Å²) in [7, 11) is 0. The lowest BCUT2D eigenvalue weighted by Gasteiger charge is -2.16. The van der Waals surface area contributed by atoms with Gasteiger partial charge in [0, 0.05) is 23.4 Å². The van der Waals surface area contributed by atoms with E-state index in [0.717, 1.165) is 22.8 Å². The highest BCUT2D eigenvalue weighted by atomic mass is 16.3. The number of imidazole rings is 1. The Morgan fingerprint density at radius 2 is 2.00 bits per heavy atom. The summed E-state index contributed by atoms with van der Waals surface area (Å²) in [6.45, 7) is 3.44. The van der Waals surface area contributed by atoms with E-state index in [9.17, 15) is 5.11 Å². The third-order valence-corrected chi connectivity index (χ3v) is 4.13. The second-order valence-electron chi connectivity index (χ2n) is 6.62. The summed E-state index contributed by atoms with van der Waals surface area (Å²) >= 11 is 0. The van der Waals surface area contributed by atoms with Crippen molar-refractivity contribution in [2.24, 2.45) is 0 Å². The van der Waals surface area contributed by atoms with Crippen molar-refractivity contribution in [1.29, 1.82) is 0 Å². The Kier molecular flexibility index (Phi) is 3.09. The van der Waals surface area contributed by atoms with Crippen LogP contribution in [0.3, 0.4) is 0 Å². The first-order valence-electron chi connectivity index (χ1n) is 7.80. The molecule has 0 radical (unpaired) electrons. The molecule has 0 atom stereocenters. The average molecular weight is 309 g/mol. The molecular formula is C17H19N5O. The quantitative estimate of drug-likeness (QED) is 0.691. The van der Waals surface area contributed by atoms with E-state index in [-0.39, 0.29) is 0 Å². The van der Waals surface area contributed by atoms with Crippen molar-refractivity contribution < 1.29 is 5.11 Å². The Hall–Kier alpha value is -2.47. The van der Waals surface area contributed by atoms with Gasteiger partial charge in [-0.25, -0.2) is 4.98 Å². The van der Waals surface area contributed by atoms with Crippen molar-refractivity contribution >= 4 is 0 Å². The van der Waals surface area contributed by atoms with Crippen molar-refractivity contribution in [3.8, 4) is 22.8 Å². The number of aromatic amines is 2. The standard InChI is InChI=1S/C17H19N5O/c1-17(2,23)15-6-5-11(8-18-15)14-9-19-16(20-14)13-7-12(21-22-13)10-3-4-10/h5-10,23H,3-4H2,1-2H3,(H,19,20)(H,21,22). The van der Waals surface area contributed by atoms with Gasteiger partial charge in [-0.3, -0.25) is 10.1 Å². The Morgan fingerprint density at radius 1 is 1.17 bits per heavy atom. The van der Waals surface area contributed by atoms with Gasteiger partial charge in [0.2, 0.25) is 0 Å². The third-order valence-electron chi connectivity index (χ3n) is 4.13. The number of hydrogen-bond donors (Lipinski definition) is 3. The van der Waals surface area contributed by atoms with Gasteiger partial charge in [-0.1, -0.05) is 0 Å². The van der Waals surface area contributed by atoms with Crippen LogP contribution in [0.4, 0.5) is 0 Å². The second-order valence-corrected chi connectivity index (χ2v) is 6.62. The smallest absolute Gasteiger partial charge is 0.158 e. The first kappa shape index (κ1) is 14.1. The van der Waals surface area contributed by atoms with E-state index < -0.39 is 5.60 Å². The third kappa shape index (κ3) is 2.77. The Balaban J connectivity index is 1.59. The highest BCUT2D eigenvalue weighted by Gasteiger charge is 2.26. The Morgan fingerprint density at radius 3 is 2.65 bits per heavy atom. The molecule has 3 aromatic rings. The van der Waals surface area contributed by atoms with Gasteiger partial charge in [-0.05, 0) is 44.9 Å². The number of nitrogens with one attached hydrogen (secondary N) is 2. The van der Waals surface area contributed by atoms with Crippen molar-refractivity contribution in [3.05, 3.63) is 42.0 Å². The van der Waals surface area contributed by atoms with Crippen LogP contribution in [0.1, 0.15) is 44.0 Å². The summed E-state index contributed by atoms with van der Waals surface area (Å²) in [5.41, 5.74) is 3.53. The van der Waals surface area contributed by atoms with Crippen LogP contribution in [0.15, 0.2) is 30.6 Å². The van der Waals surface area contributed by atoms with Crippen LogP contribution in [0, 0.1) is 0 Å². The lowest BCUT2D eigenvalue weighted by molar-refractivity contribution is 0.0739. The normalized spacial score (nSPS) is 15.1. The van der Waals surface area contributed by atoms with Crippen LogP contribution in [0.25, 0.3) is 22.8 Å². The molecule has 6 nitrogen and oxygen atoms in total. The van der Waals surface area contributed by atoms with Crippen LogP contribution in [-0.4, -0.2) is 30.3 Å². The molecule has 0 aromatic carbocycles. The summed E-state index contributed by atoms with van der Waals surface area (Å²) in [5.74, 6) is 1.39. The van der Waals surface area contributed by atoms with Crippen LogP contribution in [0.2, 0.25) is 0 Å². The Bertz CT molecular complexity index is 821. The van der Waals surface area contributed by atoms with Gasteiger partial charge < -0.3 is 10.1 Å². The molecule has 0 amide bonds. The van der Waals surface area contributed by atoms with E-state index in [1.165, 1.54) is 18.5 Å². The van der Waals surface area contributed by atoms with Crippen LogP contribution in [0.5, 0.6) is 0 Å². The molecule has 0 unspecified atom stereocenters. The minimum atomic E-state index is -0.939. The maximum absolute atomic E-state index is 9.96. The SMILES string of the molecule is CC(C)(O)c1ccc(-c2cnc(-c3cc(C4CC4)[nH]n3)[nH]2)cn1. The molecule has 6 heteroatoms. The minimum absolute atomic E-state index is 0.641. The lowest BCUT2D eigenvalue weighted by atomic mass is 10.0. The molecule has 1 aliphatic rings. The van der Waals surface area contributed by atoms with Crippen molar-refractivity contribution in [2.75, 3.05) is 0 Å². The first-order valence-corrected chi connectivity index (χ1v) is 7.80. The number of H-pyrrole nitrogens is 2. The maximum atomic E-state index is 9.96. The monoisotopic (exact) mass is 309 g/mol. The molecular weight excluding hydrogens is 290 g/mol. The summed E-state index contributed by atoms with van der Waals surface area (Å²) in [5, 5.41) is 17.4. The molecule has 4 rings (SSSR count). The molecule has 3 heterocycles. The predicted molar refractivity (Wildman–Crippen MR) is 86.6 cm³/mol. The van der Waals surface area contributed by atoms with Gasteiger partial charge in [0.25, 0.3) is 0 Å². The molecule has 118 valence electrons. The number of pyridine rings is 1. The van der Waals surface area contributed by atoms with Gasteiger partial charge in [-0.2, -0.15) is 5.10 Å². The predicted octanol–water partition coefficient (Wildman–Crippen LogP) is 2.97. The molecule has 0 saturated heterocycles. The minimum Gasteiger partial charge on any atom is -0.384 e. The lowest BCUT2D eigenvalue weighted by Crippen LogP contribution is -2.17.